The Balaban J connectivity index is 2.26. The molecule has 0 fully saturated rings. The van der Waals surface area contributed by atoms with E-state index in [1.54, 1.807) is 20.4 Å². The fourth-order valence-electron chi connectivity index (χ4n) is 2.45. The predicted molar refractivity (Wildman–Crippen MR) is 88.9 cm³/mol. The number of carbonyl (C=O) groups is 1. The third-order valence-electron chi connectivity index (χ3n) is 3.82. The van der Waals surface area contributed by atoms with E-state index in [9.17, 15) is 4.79 Å². The van der Waals surface area contributed by atoms with Crippen molar-refractivity contribution in [1.82, 2.24) is 4.57 Å². The van der Waals surface area contributed by atoms with Gasteiger partial charge in [-0.15, -0.1) is 0 Å². The molecule has 6 nitrogen and oxygen atoms in total. The summed E-state index contributed by atoms with van der Waals surface area (Å²) >= 11 is 0. The Labute approximate surface area is 142 Å². The summed E-state index contributed by atoms with van der Waals surface area (Å²) < 4.78 is 19.2. The monoisotopic (exact) mass is 333 g/mol. The van der Waals surface area contributed by atoms with E-state index in [0.29, 0.717) is 25.5 Å². The second-order valence-electron chi connectivity index (χ2n) is 5.48. The van der Waals surface area contributed by atoms with Gasteiger partial charge in [-0.3, -0.25) is 0 Å². The summed E-state index contributed by atoms with van der Waals surface area (Å²) in [4.78, 5) is 12.4. The van der Waals surface area contributed by atoms with Crippen molar-refractivity contribution in [1.29, 1.82) is 0 Å². The Morgan fingerprint density at radius 1 is 1.12 bits per heavy atom. The molecule has 0 radical (unpaired) electrons. The Morgan fingerprint density at radius 2 is 1.83 bits per heavy atom. The Hall–Kier alpha value is -2.18. The number of carbonyl (C=O) groups excluding carboxylic acids is 1. The van der Waals surface area contributed by atoms with Gasteiger partial charge in [-0.2, -0.15) is 0 Å². The van der Waals surface area contributed by atoms with Crippen molar-refractivity contribution in [3.05, 3.63) is 54.1 Å². The highest BCUT2D eigenvalue weighted by molar-refractivity contribution is 5.87. The molecule has 0 aliphatic rings. The van der Waals surface area contributed by atoms with Gasteiger partial charge in [0.1, 0.15) is 25.4 Å². The summed E-state index contributed by atoms with van der Waals surface area (Å²) in [5.74, 6) is -0.356. The molecule has 0 unspecified atom stereocenters. The van der Waals surface area contributed by atoms with Crippen LogP contribution in [0.5, 0.6) is 0 Å². The van der Waals surface area contributed by atoms with Gasteiger partial charge in [-0.1, -0.05) is 30.3 Å². The van der Waals surface area contributed by atoms with Gasteiger partial charge < -0.3 is 14.2 Å². The van der Waals surface area contributed by atoms with Gasteiger partial charge >= 0.3 is 5.97 Å². The minimum Gasteiger partial charge on any atom is -0.457 e. The van der Waals surface area contributed by atoms with Gasteiger partial charge in [0, 0.05) is 14.2 Å². The van der Waals surface area contributed by atoms with E-state index in [1.807, 2.05) is 45.8 Å². The van der Waals surface area contributed by atoms with Crippen molar-refractivity contribution in [3.63, 3.8) is 0 Å². The number of ether oxygens (including phenoxy) is 3. The second kappa shape index (κ2) is 9.20. The first-order chi connectivity index (χ1) is 11.7. The molecule has 1 aromatic heterocycles. The third-order valence-corrected chi connectivity index (χ3v) is 3.82. The Morgan fingerprint density at radius 3 is 2.50 bits per heavy atom. The standard InChI is InChI=1S/C18H25N2O4/c1-15(16-7-5-4-6-8-16)20-14-19(9-10-22-2)13-17(20)18(21)24-12-11-23-3/h4-8,13-15H,9-12H2,1-3H3/q+1/t15-/m1/s1. The molecular weight excluding hydrogens is 308 g/mol. The Bertz CT molecular complexity index is 640. The molecule has 1 atom stereocenters. The first-order valence-corrected chi connectivity index (χ1v) is 7.98. The smallest absolute Gasteiger partial charge is 0.382 e. The van der Waals surface area contributed by atoms with Crippen LogP contribution >= 0.6 is 0 Å². The zero-order valence-corrected chi connectivity index (χ0v) is 14.5. The minimum atomic E-state index is -0.356. The van der Waals surface area contributed by atoms with E-state index in [2.05, 4.69) is 6.92 Å². The number of rotatable bonds is 9. The summed E-state index contributed by atoms with van der Waals surface area (Å²) in [5, 5.41) is 0. The quantitative estimate of drug-likeness (QED) is 0.399. The first-order valence-electron chi connectivity index (χ1n) is 7.98. The summed E-state index contributed by atoms with van der Waals surface area (Å²) in [6, 6.07) is 10.1. The van der Waals surface area contributed by atoms with Crippen LogP contribution in [0.25, 0.3) is 0 Å². The lowest BCUT2D eigenvalue weighted by Crippen LogP contribution is -2.33. The summed E-state index contributed by atoms with van der Waals surface area (Å²) in [6.45, 7) is 3.92. The molecule has 0 spiro atoms. The van der Waals surface area contributed by atoms with Crippen LogP contribution in [-0.2, 0) is 20.8 Å². The zero-order chi connectivity index (χ0) is 17.4. The molecule has 0 saturated carbocycles. The molecule has 0 saturated heterocycles. The lowest BCUT2D eigenvalue weighted by molar-refractivity contribution is -0.697. The van der Waals surface area contributed by atoms with Crippen molar-refractivity contribution < 1.29 is 23.6 Å². The molecule has 1 aromatic carbocycles. The van der Waals surface area contributed by atoms with E-state index in [4.69, 9.17) is 14.2 Å². The molecule has 2 rings (SSSR count). The van der Waals surface area contributed by atoms with E-state index in [0.717, 1.165) is 5.56 Å². The Kier molecular flexibility index (Phi) is 6.96. The number of methoxy groups -OCH3 is 2. The topological polar surface area (TPSA) is 53.6 Å². The highest BCUT2D eigenvalue weighted by Crippen LogP contribution is 2.19. The lowest BCUT2D eigenvalue weighted by atomic mass is 10.1. The second-order valence-corrected chi connectivity index (χ2v) is 5.48. The summed E-state index contributed by atoms with van der Waals surface area (Å²) in [6.07, 6.45) is 3.72. The number of imidazole rings is 1. The van der Waals surface area contributed by atoms with Crippen molar-refractivity contribution in [2.24, 2.45) is 0 Å². The number of hydrogen-bond donors (Lipinski definition) is 0. The highest BCUT2D eigenvalue weighted by atomic mass is 16.6. The fraction of sp³-hybridized carbons (Fsp3) is 0.444. The normalized spacial score (nSPS) is 12.1. The van der Waals surface area contributed by atoms with Crippen LogP contribution in [0, 0.1) is 0 Å². The highest BCUT2D eigenvalue weighted by Gasteiger charge is 2.26. The number of hydrogen-bond acceptors (Lipinski definition) is 4. The van der Waals surface area contributed by atoms with Crippen LogP contribution in [0.2, 0.25) is 0 Å². The molecule has 0 amide bonds. The number of esters is 1. The van der Waals surface area contributed by atoms with Crippen LogP contribution in [0.1, 0.15) is 29.0 Å². The first kappa shape index (κ1) is 18.2. The fourth-order valence-corrected chi connectivity index (χ4v) is 2.45. The summed E-state index contributed by atoms with van der Waals surface area (Å²) in [5.41, 5.74) is 1.64. The van der Waals surface area contributed by atoms with Crippen molar-refractivity contribution in [2.75, 3.05) is 34.0 Å². The van der Waals surface area contributed by atoms with Gasteiger partial charge in [0.2, 0.25) is 6.33 Å². The predicted octanol–water partition coefficient (Wildman–Crippen LogP) is 1.83. The van der Waals surface area contributed by atoms with Crippen LogP contribution in [0.3, 0.4) is 0 Å². The van der Waals surface area contributed by atoms with E-state index in [-0.39, 0.29) is 18.6 Å². The maximum atomic E-state index is 12.4. The largest absolute Gasteiger partial charge is 0.457 e. The molecule has 0 aliphatic heterocycles. The number of aromatic nitrogens is 2. The van der Waals surface area contributed by atoms with Gasteiger partial charge in [0.15, 0.2) is 0 Å². The maximum Gasteiger partial charge on any atom is 0.382 e. The van der Waals surface area contributed by atoms with Crippen molar-refractivity contribution in [3.8, 4) is 0 Å². The van der Waals surface area contributed by atoms with Crippen LogP contribution in [0.15, 0.2) is 42.9 Å². The van der Waals surface area contributed by atoms with Crippen LogP contribution in [-0.4, -0.2) is 44.6 Å². The molecule has 130 valence electrons. The average molecular weight is 333 g/mol. The van der Waals surface area contributed by atoms with Gasteiger partial charge in [-0.05, 0) is 12.5 Å². The minimum absolute atomic E-state index is 0.0139. The van der Waals surface area contributed by atoms with E-state index in [1.165, 1.54) is 0 Å². The third kappa shape index (κ3) is 4.66. The van der Waals surface area contributed by atoms with Crippen molar-refractivity contribution >= 4 is 5.97 Å². The van der Waals surface area contributed by atoms with Gasteiger partial charge in [-0.25, -0.2) is 13.9 Å². The van der Waals surface area contributed by atoms with Crippen LogP contribution < -0.4 is 4.57 Å². The number of nitrogens with zero attached hydrogens (tertiary/aromatic N) is 2. The number of benzene rings is 1. The van der Waals surface area contributed by atoms with Crippen molar-refractivity contribution in [2.45, 2.75) is 19.5 Å². The molecule has 24 heavy (non-hydrogen) atoms. The average Bonchev–Trinajstić information content (AvgIpc) is 3.04. The molecule has 6 heteroatoms. The van der Waals surface area contributed by atoms with E-state index < -0.39 is 0 Å². The molecular formula is C18H25N2O4+. The zero-order valence-electron chi connectivity index (χ0n) is 14.5. The van der Waals surface area contributed by atoms with Gasteiger partial charge in [0.25, 0.3) is 5.69 Å². The molecule has 1 heterocycles. The maximum absolute atomic E-state index is 12.4. The molecule has 0 N–H and O–H groups in total. The molecule has 0 bridgehead atoms. The molecule has 0 aliphatic carbocycles. The lowest BCUT2D eigenvalue weighted by Gasteiger charge is -2.10. The van der Waals surface area contributed by atoms with E-state index >= 15 is 0 Å². The van der Waals surface area contributed by atoms with Crippen LogP contribution in [0.4, 0.5) is 0 Å². The molecule has 2 aromatic rings. The summed E-state index contributed by atoms with van der Waals surface area (Å²) in [7, 11) is 3.23. The van der Waals surface area contributed by atoms with Gasteiger partial charge in [0.05, 0.1) is 13.2 Å². The SMILES string of the molecule is COCCOC(=O)c1c[n+](CCOC)cn1[C@H](C)c1ccccc1.